The molecule has 5 unspecified atom stereocenters. The lowest BCUT2D eigenvalue weighted by Gasteiger charge is -2.40. The van der Waals surface area contributed by atoms with Crippen LogP contribution in [0.25, 0.3) is 0 Å². The minimum absolute atomic E-state index is 0.284. The molecule has 8 atom stereocenters. The van der Waals surface area contributed by atoms with Gasteiger partial charge in [0.05, 0.1) is 19.8 Å². The molecule has 0 spiro atoms. The summed E-state index contributed by atoms with van der Waals surface area (Å²) >= 11 is 0. The van der Waals surface area contributed by atoms with E-state index in [1.165, 1.54) is 0 Å². The number of ether oxygens (including phenoxy) is 3. The Kier molecular flexibility index (Phi) is 5.15. The molecular weight excluding hydrogens is 292 g/mol. The standard InChI is InChI=1S/C11H20O10/c12-1-4-6(14)7(15)8(16)10(20-4)21-5-2-19-11(18,3-13)9(5)17/h4-10,12-18H,1-3H2/t4?,5?,6-,7?,8?,9?,10-,11+/m1/s1. The third-order valence-corrected chi connectivity index (χ3v) is 3.70. The zero-order valence-electron chi connectivity index (χ0n) is 11.0. The number of rotatable bonds is 4. The van der Waals surface area contributed by atoms with Gasteiger partial charge < -0.3 is 50.0 Å². The highest BCUT2D eigenvalue weighted by molar-refractivity contribution is 4.93. The smallest absolute Gasteiger partial charge is 0.218 e. The van der Waals surface area contributed by atoms with Crippen LogP contribution in [0.3, 0.4) is 0 Å². The maximum absolute atomic E-state index is 9.81. The molecule has 2 heterocycles. The van der Waals surface area contributed by atoms with E-state index in [0.717, 1.165) is 0 Å². The van der Waals surface area contributed by atoms with E-state index < -0.39 is 61.9 Å². The Morgan fingerprint density at radius 3 is 2.24 bits per heavy atom. The van der Waals surface area contributed by atoms with Crippen molar-refractivity contribution in [2.75, 3.05) is 19.8 Å². The van der Waals surface area contributed by atoms with E-state index in [1.807, 2.05) is 0 Å². The molecule has 2 fully saturated rings. The second kappa shape index (κ2) is 6.38. The number of hydrogen-bond donors (Lipinski definition) is 7. The molecule has 2 rings (SSSR count). The van der Waals surface area contributed by atoms with Gasteiger partial charge in [0.2, 0.25) is 5.79 Å². The minimum Gasteiger partial charge on any atom is -0.394 e. The van der Waals surface area contributed by atoms with E-state index in [0.29, 0.717) is 0 Å². The van der Waals surface area contributed by atoms with Crippen LogP contribution in [0, 0.1) is 0 Å². The monoisotopic (exact) mass is 312 g/mol. The molecule has 10 heteroatoms. The van der Waals surface area contributed by atoms with Crippen molar-refractivity contribution in [1.82, 2.24) is 0 Å². The predicted octanol–water partition coefficient (Wildman–Crippen LogP) is -4.76. The van der Waals surface area contributed by atoms with Crippen molar-refractivity contribution in [2.24, 2.45) is 0 Å². The fourth-order valence-electron chi connectivity index (χ4n) is 2.30. The third kappa shape index (κ3) is 3.05. The lowest BCUT2D eigenvalue weighted by molar-refractivity contribution is -0.316. The summed E-state index contributed by atoms with van der Waals surface area (Å²) in [7, 11) is 0. The van der Waals surface area contributed by atoms with Gasteiger partial charge in [0.25, 0.3) is 0 Å². The first-order valence-electron chi connectivity index (χ1n) is 6.45. The van der Waals surface area contributed by atoms with Gasteiger partial charge in [-0.05, 0) is 0 Å². The normalized spacial score (nSPS) is 51.3. The van der Waals surface area contributed by atoms with Gasteiger partial charge in [-0.3, -0.25) is 0 Å². The maximum atomic E-state index is 9.81. The summed E-state index contributed by atoms with van der Waals surface area (Å²) in [6.07, 6.45) is -10.1. The van der Waals surface area contributed by atoms with E-state index in [1.54, 1.807) is 0 Å². The van der Waals surface area contributed by atoms with Crippen LogP contribution < -0.4 is 0 Å². The molecule has 10 nitrogen and oxygen atoms in total. The lowest BCUT2D eigenvalue weighted by atomic mass is 9.99. The van der Waals surface area contributed by atoms with E-state index in [9.17, 15) is 25.5 Å². The van der Waals surface area contributed by atoms with Gasteiger partial charge in [0.1, 0.15) is 36.6 Å². The molecule has 0 aromatic heterocycles. The average molecular weight is 312 g/mol. The summed E-state index contributed by atoms with van der Waals surface area (Å²) in [4.78, 5) is 0. The van der Waals surface area contributed by atoms with Crippen LogP contribution in [0.4, 0.5) is 0 Å². The number of aliphatic hydroxyl groups excluding tert-OH is 6. The van der Waals surface area contributed by atoms with Crippen LogP contribution in [-0.4, -0.2) is 104 Å². The first-order valence-corrected chi connectivity index (χ1v) is 6.45. The van der Waals surface area contributed by atoms with Crippen LogP contribution >= 0.6 is 0 Å². The molecule has 124 valence electrons. The van der Waals surface area contributed by atoms with Crippen LogP contribution in [-0.2, 0) is 14.2 Å². The summed E-state index contributed by atoms with van der Waals surface area (Å²) in [6, 6.07) is 0. The number of aliphatic hydroxyl groups is 7. The van der Waals surface area contributed by atoms with Crippen LogP contribution in [0.5, 0.6) is 0 Å². The third-order valence-electron chi connectivity index (χ3n) is 3.70. The summed E-state index contributed by atoms with van der Waals surface area (Å²) in [5, 5.41) is 66.5. The van der Waals surface area contributed by atoms with E-state index >= 15 is 0 Å². The first-order chi connectivity index (χ1) is 9.84. The molecule has 0 aromatic rings. The Labute approximate surface area is 119 Å². The van der Waals surface area contributed by atoms with Crippen molar-refractivity contribution in [2.45, 2.75) is 48.7 Å². The highest BCUT2D eigenvalue weighted by Crippen LogP contribution is 2.29. The zero-order valence-corrected chi connectivity index (χ0v) is 11.0. The van der Waals surface area contributed by atoms with Crippen LogP contribution in [0.1, 0.15) is 0 Å². The van der Waals surface area contributed by atoms with Crippen molar-refractivity contribution in [1.29, 1.82) is 0 Å². The molecule has 0 amide bonds. The molecule has 7 N–H and O–H groups in total. The first kappa shape index (κ1) is 17.0. The summed E-state index contributed by atoms with van der Waals surface area (Å²) in [5.41, 5.74) is 0. The van der Waals surface area contributed by atoms with Crippen molar-refractivity contribution < 1.29 is 50.0 Å². The Hall–Kier alpha value is -0.400. The SMILES string of the molecule is OCC1O[C@H](OC2CO[C@@](O)(CO)C2O)C(O)C(O)[C@@H]1O. The molecule has 21 heavy (non-hydrogen) atoms. The fraction of sp³-hybridized carbons (Fsp3) is 1.00. The molecule has 0 radical (unpaired) electrons. The highest BCUT2D eigenvalue weighted by Gasteiger charge is 2.52. The topological polar surface area (TPSA) is 169 Å². The minimum atomic E-state index is -2.18. The average Bonchev–Trinajstić information content (AvgIpc) is 2.76. The van der Waals surface area contributed by atoms with Gasteiger partial charge in [-0.15, -0.1) is 0 Å². The highest BCUT2D eigenvalue weighted by atomic mass is 16.7. The Balaban J connectivity index is 2.02. The summed E-state index contributed by atoms with van der Waals surface area (Å²) in [5.74, 6) is -2.18. The Morgan fingerprint density at radius 1 is 1.05 bits per heavy atom. The molecule has 0 aliphatic carbocycles. The van der Waals surface area contributed by atoms with Gasteiger partial charge in [-0.2, -0.15) is 0 Å². The van der Waals surface area contributed by atoms with Gasteiger partial charge in [0.15, 0.2) is 6.29 Å². The molecular formula is C11H20O10. The zero-order chi connectivity index (χ0) is 15.8. The van der Waals surface area contributed by atoms with Gasteiger partial charge >= 0.3 is 0 Å². The van der Waals surface area contributed by atoms with Crippen LogP contribution in [0.2, 0.25) is 0 Å². The molecule has 2 aliphatic rings. The summed E-state index contributed by atoms with van der Waals surface area (Å²) in [6.45, 7) is -1.76. The van der Waals surface area contributed by atoms with E-state index in [2.05, 4.69) is 0 Å². The molecule has 0 saturated carbocycles. The maximum Gasteiger partial charge on any atom is 0.218 e. The van der Waals surface area contributed by atoms with Crippen molar-refractivity contribution in [3.8, 4) is 0 Å². The second-order valence-electron chi connectivity index (χ2n) is 5.13. The molecule has 2 saturated heterocycles. The van der Waals surface area contributed by atoms with Crippen LogP contribution in [0.15, 0.2) is 0 Å². The van der Waals surface area contributed by atoms with E-state index in [4.69, 9.17) is 24.4 Å². The summed E-state index contributed by atoms with van der Waals surface area (Å²) < 4.78 is 15.1. The Bertz CT molecular complexity index is 352. The fourth-order valence-corrected chi connectivity index (χ4v) is 2.30. The van der Waals surface area contributed by atoms with E-state index in [-0.39, 0.29) is 6.61 Å². The number of hydrogen-bond acceptors (Lipinski definition) is 10. The lowest BCUT2D eigenvalue weighted by Crippen LogP contribution is -2.60. The quantitative estimate of drug-likeness (QED) is 0.267. The predicted molar refractivity (Wildman–Crippen MR) is 62.6 cm³/mol. The van der Waals surface area contributed by atoms with Crippen molar-refractivity contribution >= 4 is 0 Å². The second-order valence-corrected chi connectivity index (χ2v) is 5.13. The van der Waals surface area contributed by atoms with Gasteiger partial charge in [0, 0.05) is 0 Å². The Morgan fingerprint density at radius 2 is 1.71 bits per heavy atom. The molecule has 0 bridgehead atoms. The van der Waals surface area contributed by atoms with Crippen molar-refractivity contribution in [3.05, 3.63) is 0 Å². The van der Waals surface area contributed by atoms with Gasteiger partial charge in [-0.1, -0.05) is 0 Å². The largest absolute Gasteiger partial charge is 0.394 e. The van der Waals surface area contributed by atoms with Gasteiger partial charge in [-0.25, -0.2) is 0 Å². The molecule has 0 aromatic carbocycles. The van der Waals surface area contributed by atoms with Crippen molar-refractivity contribution in [3.63, 3.8) is 0 Å². The molecule has 2 aliphatic heterocycles.